The molecule has 0 bridgehead atoms. The van der Waals surface area contributed by atoms with Gasteiger partial charge in [-0.25, -0.2) is 0 Å². The molecule has 2 rings (SSSR count). The Morgan fingerprint density at radius 2 is 1.81 bits per heavy atom. The van der Waals surface area contributed by atoms with Crippen molar-refractivity contribution in [3.05, 3.63) is 58.6 Å². The number of nitrogens with one attached hydrogen (secondary N) is 2. The van der Waals surface area contributed by atoms with E-state index in [1.807, 2.05) is 12.1 Å². The van der Waals surface area contributed by atoms with Gasteiger partial charge in [-0.1, -0.05) is 28.1 Å². The summed E-state index contributed by atoms with van der Waals surface area (Å²) in [4.78, 5) is 24.7. The fourth-order valence-electron chi connectivity index (χ4n) is 2.16. The normalized spacial score (nSPS) is 11.5. The van der Waals surface area contributed by atoms with Crippen LogP contribution in [0.5, 0.6) is 5.75 Å². The van der Waals surface area contributed by atoms with Crippen LogP contribution in [0.3, 0.4) is 0 Å². The van der Waals surface area contributed by atoms with Crippen molar-refractivity contribution >= 4 is 33.4 Å². The number of anilines is 1. The van der Waals surface area contributed by atoms with Crippen molar-refractivity contribution in [3.63, 3.8) is 0 Å². The molecule has 0 saturated heterocycles. The molecule has 2 N–H and O–H groups in total. The Kier molecular flexibility index (Phi) is 7.62. The molecule has 0 aromatic heterocycles. The van der Waals surface area contributed by atoms with Crippen molar-refractivity contribution in [2.45, 2.75) is 13.0 Å². The zero-order chi connectivity index (χ0) is 18.9. The largest absolute Gasteiger partial charge is 0.481 e. The molecule has 0 unspecified atom stereocenters. The van der Waals surface area contributed by atoms with Crippen molar-refractivity contribution in [1.82, 2.24) is 5.32 Å². The van der Waals surface area contributed by atoms with Gasteiger partial charge in [0.05, 0.1) is 17.9 Å². The summed E-state index contributed by atoms with van der Waals surface area (Å²) in [5.74, 6) is -0.0362. The Morgan fingerprint density at radius 1 is 1.12 bits per heavy atom. The zero-order valence-electron chi connectivity index (χ0n) is 14.6. The number of hydrogen-bond donors (Lipinski definition) is 2. The lowest BCUT2D eigenvalue weighted by Crippen LogP contribution is -2.32. The van der Waals surface area contributed by atoms with E-state index >= 15 is 0 Å². The molecule has 0 radical (unpaired) electrons. The highest BCUT2D eigenvalue weighted by atomic mass is 79.9. The smallest absolute Gasteiger partial charge is 0.265 e. The fourth-order valence-corrected chi connectivity index (χ4v) is 2.42. The molecule has 2 aromatic rings. The van der Waals surface area contributed by atoms with Crippen LogP contribution in [0.4, 0.5) is 5.69 Å². The van der Waals surface area contributed by atoms with Gasteiger partial charge >= 0.3 is 0 Å². The lowest BCUT2D eigenvalue weighted by molar-refractivity contribution is -0.122. The summed E-state index contributed by atoms with van der Waals surface area (Å²) < 4.78 is 11.5. The third-order valence-corrected chi connectivity index (χ3v) is 4.05. The zero-order valence-corrected chi connectivity index (χ0v) is 16.2. The molecular weight excluding hydrogens is 400 g/mol. The maximum absolute atomic E-state index is 12.4. The van der Waals surface area contributed by atoms with Crippen LogP contribution in [0.25, 0.3) is 0 Å². The predicted molar refractivity (Wildman–Crippen MR) is 104 cm³/mol. The maximum Gasteiger partial charge on any atom is 0.265 e. The molecule has 0 fully saturated rings. The number of amides is 2. The number of rotatable bonds is 8. The van der Waals surface area contributed by atoms with Gasteiger partial charge in [-0.05, 0) is 43.3 Å². The monoisotopic (exact) mass is 420 g/mol. The van der Waals surface area contributed by atoms with Crippen LogP contribution < -0.4 is 15.4 Å². The van der Waals surface area contributed by atoms with Gasteiger partial charge in [0, 0.05) is 18.1 Å². The van der Waals surface area contributed by atoms with E-state index in [0.717, 1.165) is 4.47 Å². The van der Waals surface area contributed by atoms with Crippen molar-refractivity contribution in [2.24, 2.45) is 0 Å². The first-order valence-electron chi connectivity index (χ1n) is 8.10. The lowest BCUT2D eigenvalue weighted by Gasteiger charge is -2.16. The SMILES string of the molecule is COCCNC(=O)c1ccccc1NC(=O)[C@@H](C)Oc1ccc(Br)cc1. The number of ether oxygens (including phenoxy) is 2. The number of benzene rings is 2. The highest BCUT2D eigenvalue weighted by Gasteiger charge is 2.18. The summed E-state index contributed by atoms with van der Waals surface area (Å²) in [6.07, 6.45) is -0.721. The second-order valence-corrected chi connectivity index (χ2v) is 6.41. The highest BCUT2D eigenvalue weighted by Crippen LogP contribution is 2.19. The molecule has 138 valence electrons. The van der Waals surface area contributed by atoms with Gasteiger partial charge in [-0.3, -0.25) is 9.59 Å². The van der Waals surface area contributed by atoms with E-state index in [9.17, 15) is 9.59 Å². The number of methoxy groups -OCH3 is 1. The van der Waals surface area contributed by atoms with Crippen molar-refractivity contribution in [1.29, 1.82) is 0 Å². The molecule has 0 aliphatic heterocycles. The topological polar surface area (TPSA) is 76.7 Å². The first-order valence-corrected chi connectivity index (χ1v) is 8.90. The van der Waals surface area contributed by atoms with E-state index in [0.29, 0.717) is 30.2 Å². The Balaban J connectivity index is 2.01. The number of carbonyl (C=O) groups excluding carboxylic acids is 2. The lowest BCUT2D eigenvalue weighted by atomic mass is 10.1. The van der Waals surface area contributed by atoms with E-state index in [-0.39, 0.29) is 11.8 Å². The summed E-state index contributed by atoms with van der Waals surface area (Å²) in [5, 5.41) is 5.48. The summed E-state index contributed by atoms with van der Waals surface area (Å²) >= 11 is 3.35. The molecule has 0 heterocycles. The maximum atomic E-state index is 12.4. The Hall–Kier alpha value is -2.38. The molecule has 0 aliphatic carbocycles. The molecule has 26 heavy (non-hydrogen) atoms. The van der Waals surface area contributed by atoms with E-state index in [1.165, 1.54) is 0 Å². The van der Waals surface area contributed by atoms with E-state index in [2.05, 4.69) is 26.6 Å². The quantitative estimate of drug-likeness (QED) is 0.642. The van der Waals surface area contributed by atoms with E-state index in [1.54, 1.807) is 50.4 Å². The van der Waals surface area contributed by atoms with Gasteiger partial charge in [0.1, 0.15) is 5.75 Å². The Labute approximate surface area is 161 Å². The van der Waals surface area contributed by atoms with Crippen molar-refractivity contribution in [3.8, 4) is 5.75 Å². The first-order chi connectivity index (χ1) is 12.5. The number of halogens is 1. The number of carbonyl (C=O) groups is 2. The van der Waals surface area contributed by atoms with Crippen LogP contribution in [0.1, 0.15) is 17.3 Å². The van der Waals surface area contributed by atoms with Crippen LogP contribution in [-0.4, -0.2) is 38.2 Å². The van der Waals surface area contributed by atoms with Gasteiger partial charge in [-0.2, -0.15) is 0 Å². The third-order valence-electron chi connectivity index (χ3n) is 3.52. The third kappa shape index (κ3) is 5.86. The first kappa shape index (κ1) is 19.9. The summed E-state index contributed by atoms with van der Waals surface area (Å²) in [5.41, 5.74) is 0.812. The minimum Gasteiger partial charge on any atom is -0.481 e. The summed E-state index contributed by atoms with van der Waals surface area (Å²) in [7, 11) is 1.56. The Morgan fingerprint density at radius 3 is 2.50 bits per heavy atom. The van der Waals surface area contributed by atoms with Crippen LogP contribution >= 0.6 is 15.9 Å². The molecule has 0 aliphatic rings. The molecular formula is C19H21BrN2O4. The minimum atomic E-state index is -0.721. The standard InChI is InChI=1S/C19H21BrN2O4/c1-13(26-15-9-7-14(20)8-10-15)18(23)22-17-6-4-3-5-16(17)19(24)21-11-12-25-2/h3-10,13H,11-12H2,1-2H3,(H,21,24)(H,22,23)/t13-/m1/s1. The molecule has 2 aromatic carbocycles. The molecule has 7 heteroatoms. The average Bonchev–Trinajstić information content (AvgIpc) is 2.64. The molecule has 2 amide bonds. The molecule has 0 spiro atoms. The van der Waals surface area contributed by atoms with Crippen LogP contribution in [-0.2, 0) is 9.53 Å². The van der Waals surface area contributed by atoms with Gasteiger partial charge in [0.15, 0.2) is 6.10 Å². The van der Waals surface area contributed by atoms with Gasteiger partial charge in [0.2, 0.25) is 0 Å². The van der Waals surface area contributed by atoms with Gasteiger partial charge in [-0.15, -0.1) is 0 Å². The summed E-state index contributed by atoms with van der Waals surface area (Å²) in [6, 6.07) is 14.0. The van der Waals surface area contributed by atoms with E-state index in [4.69, 9.17) is 9.47 Å². The number of para-hydroxylation sites is 1. The van der Waals surface area contributed by atoms with E-state index < -0.39 is 6.10 Å². The minimum absolute atomic E-state index is 0.278. The van der Waals surface area contributed by atoms with Crippen LogP contribution in [0, 0.1) is 0 Å². The average molecular weight is 421 g/mol. The molecule has 1 atom stereocenters. The summed E-state index contributed by atoms with van der Waals surface area (Å²) in [6.45, 7) is 2.46. The number of hydrogen-bond acceptors (Lipinski definition) is 4. The second kappa shape index (κ2) is 9.94. The highest BCUT2D eigenvalue weighted by molar-refractivity contribution is 9.10. The van der Waals surface area contributed by atoms with Crippen LogP contribution in [0.15, 0.2) is 53.0 Å². The Bertz CT molecular complexity index is 749. The molecule has 0 saturated carbocycles. The second-order valence-electron chi connectivity index (χ2n) is 5.50. The molecule has 6 nitrogen and oxygen atoms in total. The van der Waals surface area contributed by atoms with Crippen molar-refractivity contribution in [2.75, 3.05) is 25.6 Å². The van der Waals surface area contributed by atoms with Gasteiger partial charge < -0.3 is 20.1 Å². The van der Waals surface area contributed by atoms with Crippen LogP contribution in [0.2, 0.25) is 0 Å². The van der Waals surface area contributed by atoms with Gasteiger partial charge in [0.25, 0.3) is 11.8 Å². The predicted octanol–water partition coefficient (Wildman–Crippen LogP) is 3.23. The van der Waals surface area contributed by atoms with Crippen molar-refractivity contribution < 1.29 is 19.1 Å². The fraction of sp³-hybridized carbons (Fsp3) is 0.263.